The topological polar surface area (TPSA) is 40.6 Å². The Balaban J connectivity index is 1.96. The smallest absolute Gasteiger partial charge is 0.254 e. The van der Waals surface area contributed by atoms with Crippen LogP contribution < -0.4 is 0 Å². The first-order valence-electron chi connectivity index (χ1n) is 7.91. The van der Waals surface area contributed by atoms with Gasteiger partial charge in [-0.2, -0.15) is 0 Å². The van der Waals surface area contributed by atoms with Crippen molar-refractivity contribution in [2.75, 3.05) is 26.2 Å². The van der Waals surface area contributed by atoms with Crippen molar-refractivity contribution in [2.24, 2.45) is 5.92 Å². The van der Waals surface area contributed by atoms with Crippen LogP contribution in [0.2, 0.25) is 0 Å². The molecule has 2 rings (SSSR count). The van der Waals surface area contributed by atoms with E-state index in [0.717, 1.165) is 30.4 Å². The Morgan fingerprint density at radius 3 is 2.32 bits per heavy atom. The van der Waals surface area contributed by atoms with Crippen LogP contribution >= 0.6 is 15.9 Å². The second kappa shape index (κ2) is 7.77. The minimum Gasteiger partial charge on any atom is -0.343 e. The maximum absolute atomic E-state index is 12.5. The molecule has 1 aliphatic rings. The van der Waals surface area contributed by atoms with E-state index >= 15 is 0 Å². The molecular formula is C17H23BrN2O2. The van der Waals surface area contributed by atoms with Gasteiger partial charge in [0.15, 0.2) is 0 Å². The summed E-state index contributed by atoms with van der Waals surface area (Å²) in [6.45, 7) is 6.83. The summed E-state index contributed by atoms with van der Waals surface area (Å²) in [5.41, 5.74) is 0.691. The van der Waals surface area contributed by atoms with E-state index in [4.69, 9.17) is 0 Å². The van der Waals surface area contributed by atoms with Gasteiger partial charge in [0, 0.05) is 36.6 Å². The Labute approximate surface area is 140 Å². The van der Waals surface area contributed by atoms with Crippen LogP contribution in [0, 0.1) is 5.92 Å². The standard InChI is InChI=1S/C17H23BrN2O2/c1-3-19(4-2)16(21)13-9-11-20(12-10-13)17(22)14-7-5-6-8-15(14)18/h5-8,13H,3-4,9-12H2,1-2H3. The molecule has 0 saturated carbocycles. The summed E-state index contributed by atoms with van der Waals surface area (Å²) in [5.74, 6) is 0.336. The van der Waals surface area contributed by atoms with Crippen LogP contribution in [-0.2, 0) is 4.79 Å². The number of halogens is 1. The molecule has 0 unspecified atom stereocenters. The molecular weight excluding hydrogens is 344 g/mol. The third kappa shape index (κ3) is 3.69. The zero-order valence-electron chi connectivity index (χ0n) is 13.2. The average molecular weight is 367 g/mol. The van der Waals surface area contributed by atoms with Gasteiger partial charge in [-0.25, -0.2) is 0 Å². The Bertz CT molecular complexity index is 535. The molecule has 0 N–H and O–H groups in total. The van der Waals surface area contributed by atoms with Crippen molar-refractivity contribution in [3.63, 3.8) is 0 Å². The number of benzene rings is 1. The van der Waals surface area contributed by atoms with Crippen molar-refractivity contribution in [1.29, 1.82) is 0 Å². The molecule has 1 heterocycles. The fourth-order valence-corrected chi connectivity index (χ4v) is 3.38. The van der Waals surface area contributed by atoms with Gasteiger partial charge in [0.1, 0.15) is 0 Å². The molecule has 0 aromatic heterocycles. The van der Waals surface area contributed by atoms with E-state index in [9.17, 15) is 9.59 Å². The van der Waals surface area contributed by atoms with Gasteiger partial charge in [-0.1, -0.05) is 12.1 Å². The Morgan fingerprint density at radius 1 is 1.18 bits per heavy atom. The normalized spacial score (nSPS) is 15.7. The van der Waals surface area contributed by atoms with Crippen molar-refractivity contribution < 1.29 is 9.59 Å². The number of carbonyl (C=O) groups excluding carboxylic acids is 2. The molecule has 1 aliphatic heterocycles. The van der Waals surface area contributed by atoms with E-state index in [2.05, 4.69) is 15.9 Å². The lowest BCUT2D eigenvalue weighted by atomic mass is 9.94. The number of amides is 2. The fraction of sp³-hybridized carbons (Fsp3) is 0.529. The zero-order valence-corrected chi connectivity index (χ0v) is 14.8. The molecule has 0 radical (unpaired) electrons. The molecule has 1 fully saturated rings. The number of piperidine rings is 1. The second-order valence-corrected chi connectivity index (χ2v) is 6.41. The fourth-order valence-electron chi connectivity index (χ4n) is 2.93. The average Bonchev–Trinajstić information content (AvgIpc) is 2.56. The van der Waals surface area contributed by atoms with Crippen LogP contribution in [0.4, 0.5) is 0 Å². The van der Waals surface area contributed by atoms with Gasteiger partial charge in [-0.15, -0.1) is 0 Å². The lowest BCUT2D eigenvalue weighted by molar-refractivity contribution is -0.136. The maximum Gasteiger partial charge on any atom is 0.254 e. The molecule has 0 atom stereocenters. The van der Waals surface area contributed by atoms with Crippen molar-refractivity contribution in [2.45, 2.75) is 26.7 Å². The van der Waals surface area contributed by atoms with Crippen molar-refractivity contribution in [1.82, 2.24) is 9.80 Å². The molecule has 2 amide bonds. The van der Waals surface area contributed by atoms with E-state index in [-0.39, 0.29) is 17.7 Å². The first-order chi connectivity index (χ1) is 10.6. The van der Waals surface area contributed by atoms with Gasteiger partial charge in [-0.05, 0) is 54.8 Å². The predicted molar refractivity (Wildman–Crippen MR) is 90.7 cm³/mol. The molecule has 0 aliphatic carbocycles. The largest absolute Gasteiger partial charge is 0.343 e. The highest BCUT2D eigenvalue weighted by Gasteiger charge is 2.30. The van der Waals surface area contributed by atoms with Crippen molar-refractivity contribution in [3.05, 3.63) is 34.3 Å². The van der Waals surface area contributed by atoms with Crippen LogP contribution in [0.25, 0.3) is 0 Å². The van der Waals surface area contributed by atoms with Gasteiger partial charge in [-0.3, -0.25) is 9.59 Å². The van der Waals surface area contributed by atoms with E-state index in [1.165, 1.54) is 0 Å². The summed E-state index contributed by atoms with van der Waals surface area (Å²) in [4.78, 5) is 28.7. The number of carbonyl (C=O) groups is 2. The molecule has 1 aromatic carbocycles. The summed E-state index contributed by atoms with van der Waals surface area (Å²) in [5, 5.41) is 0. The van der Waals surface area contributed by atoms with Gasteiger partial charge < -0.3 is 9.80 Å². The van der Waals surface area contributed by atoms with E-state index < -0.39 is 0 Å². The lowest BCUT2D eigenvalue weighted by Crippen LogP contribution is -2.44. The second-order valence-electron chi connectivity index (χ2n) is 5.56. The molecule has 22 heavy (non-hydrogen) atoms. The first kappa shape index (κ1) is 17.0. The van der Waals surface area contributed by atoms with Crippen LogP contribution in [-0.4, -0.2) is 47.8 Å². The molecule has 1 saturated heterocycles. The van der Waals surface area contributed by atoms with E-state index in [1.54, 1.807) is 0 Å². The van der Waals surface area contributed by atoms with E-state index in [1.807, 2.05) is 47.9 Å². The molecule has 0 bridgehead atoms. The SMILES string of the molecule is CCN(CC)C(=O)C1CCN(C(=O)c2ccccc2Br)CC1. The first-order valence-corrected chi connectivity index (χ1v) is 8.70. The van der Waals surface area contributed by atoms with Crippen LogP contribution in [0.1, 0.15) is 37.0 Å². The van der Waals surface area contributed by atoms with Crippen LogP contribution in [0.15, 0.2) is 28.7 Å². The summed E-state index contributed by atoms with van der Waals surface area (Å²) in [6, 6.07) is 7.48. The highest BCUT2D eigenvalue weighted by molar-refractivity contribution is 9.10. The zero-order chi connectivity index (χ0) is 16.1. The minimum atomic E-state index is 0.0428. The van der Waals surface area contributed by atoms with Crippen molar-refractivity contribution >= 4 is 27.7 Å². The maximum atomic E-state index is 12.5. The Hall–Kier alpha value is -1.36. The Morgan fingerprint density at radius 2 is 1.77 bits per heavy atom. The van der Waals surface area contributed by atoms with E-state index in [0.29, 0.717) is 18.7 Å². The Kier molecular flexibility index (Phi) is 6.00. The number of likely N-dealkylation sites (tertiary alicyclic amines) is 1. The summed E-state index contributed by atoms with van der Waals surface area (Å²) >= 11 is 3.43. The van der Waals surface area contributed by atoms with Crippen LogP contribution in [0.3, 0.4) is 0 Å². The summed E-state index contributed by atoms with van der Waals surface area (Å²) < 4.78 is 0.821. The van der Waals surface area contributed by atoms with Crippen molar-refractivity contribution in [3.8, 4) is 0 Å². The quantitative estimate of drug-likeness (QED) is 0.820. The molecule has 120 valence electrons. The third-order valence-electron chi connectivity index (χ3n) is 4.31. The molecule has 5 heteroatoms. The number of hydrogen-bond donors (Lipinski definition) is 0. The third-order valence-corrected chi connectivity index (χ3v) is 5.00. The number of hydrogen-bond acceptors (Lipinski definition) is 2. The number of nitrogens with zero attached hydrogens (tertiary/aromatic N) is 2. The molecule has 1 aromatic rings. The minimum absolute atomic E-state index is 0.0428. The van der Waals surface area contributed by atoms with Crippen LogP contribution in [0.5, 0.6) is 0 Å². The van der Waals surface area contributed by atoms with Gasteiger partial charge in [0.05, 0.1) is 5.56 Å². The number of rotatable bonds is 4. The predicted octanol–water partition coefficient (Wildman–Crippen LogP) is 3.17. The van der Waals surface area contributed by atoms with Gasteiger partial charge in [0.25, 0.3) is 5.91 Å². The van der Waals surface area contributed by atoms with Gasteiger partial charge >= 0.3 is 0 Å². The molecule has 4 nitrogen and oxygen atoms in total. The summed E-state index contributed by atoms with van der Waals surface area (Å²) in [6.07, 6.45) is 1.51. The lowest BCUT2D eigenvalue weighted by Gasteiger charge is -2.34. The highest BCUT2D eigenvalue weighted by Crippen LogP contribution is 2.23. The monoisotopic (exact) mass is 366 g/mol. The van der Waals surface area contributed by atoms with Gasteiger partial charge in [0.2, 0.25) is 5.91 Å². The summed E-state index contributed by atoms with van der Waals surface area (Å²) in [7, 11) is 0. The highest BCUT2D eigenvalue weighted by atomic mass is 79.9. The molecule has 0 spiro atoms.